The molecule has 0 spiro atoms. The minimum atomic E-state index is -0.490. The van der Waals surface area contributed by atoms with Crippen molar-refractivity contribution >= 4 is 0 Å². The first-order valence-corrected chi connectivity index (χ1v) is 56.8. The maximum absolute atomic E-state index is 7.17. The molecule has 0 aromatic heterocycles. The number of ether oxygens (including phenoxy) is 14. The summed E-state index contributed by atoms with van der Waals surface area (Å²) in [5.74, 6) is 18.4. The van der Waals surface area contributed by atoms with Gasteiger partial charge in [0, 0.05) is 33.4 Å². The maximum atomic E-state index is 7.17. The van der Waals surface area contributed by atoms with Crippen molar-refractivity contribution in [3.05, 3.63) is 347 Å². The second-order valence-electron chi connectivity index (χ2n) is 44.4. The summed E-state index contributed by atoms with van der Waals surface area (Å²) >= 11 is 0. The normalized spacial score (nSPS) is 24.6. The molecule has 4 aliphatic heterocycles. The highest BCUT2D eigenvalue weighted by molar-refractivity contribution is 5.82. The van der Waals surface area contributed by atoms with Crippen LogP contribution in [0.1, 0.15) is 313 Å². The number of benzene rings is 12. The van der Waals surface area contributed by atoms with E-state index in [-0.39, 0.29) is 41.9 Å². The van der Waals surface area contributed by atoms with E-state index in [0.29, 0.717) is 75.3 Å². The summed E-state index contributed by atoms with van der Waals surface area (Å²) in [6, 6.07) is 103. The Balaban J connectivity index is 0.000000120. The van der Waals surface area contributed by atoms with Gasteiger partial charge in [0.1, 0.15) is 70.7 Å². The molecule has 6 bridgehead atoms. The van der Waals surface area contributed by atoms with Crippen LogP contribution in [0.4, 0.5) is 0 Å². The largest absolute Gasteiger partial charge is 0.493 e. The number of hydrogen-bond acceptors (Lipinski definition) is 14. The van der Waals surface area contributed by atoms with Gasteiger partial charge in [-0.3, -0.25) is 0 Å². The summed E-state index contributed by atoms with van der Waals surface area (Å²) in [7, 11) is 0. The molecule has 12 aliphatic rings. The highest BCUT2D eigenvalue weighted by atomic mass is 16.7. The monoisotopic (exact) mass is 1990 g/mol. The van der Waals surface area contributed by atoms with E-state index < -0.39 is 12.6 Å². The predicted molar refractivity (Wildman–Crippen MR) is 592 cm³/mol. The molecule has 17 atom stereocenters. The van der Waals surface area contributed by atoms with Gasteiger partial charge in [0.25, 0.3) is 0 Å². The Bertz CT molecular complexity index is 6030. The number of hydrogen-bond donors (Lipinski definition) is 0. The van der Waals surface area contributed by atoms with Gasteiger partial charge in [0.2, 0.25) is 25.2 Å². The van der Waals surface area contributed by atoms with E-state index in [1.807, 2.05) is 42.5 Å². The molecule has 0 N–H and O–H groups in total. The zero-order valence-corrected chi connectivity index (χ0v) is 88.8. The second-order valence-corrected chi connectivity index (χ2v) is 44.4. The van der Waals surface area contributed by atoms with Crippen LogP contribution in [0.2, 0.25) is 0 Å². The lowest BCUT2D eigenvalue weighted by molar-refractivity contribution is -0.239. The van der Waals surface area contributed by atoms with Crippen LogP contribution >= 0.6 is 0 Å². The minimum Gasteiger partial charge on any atom is -0.493 e. The molecule has 148 heavy (non-hydrogen) atoms. The van der Waals surface area contributed by atoms with E-state index in [2.05, 4.69) is 310 Å². The van der Waals surface area contributed by atoms with Crippen molar-refractivity contribution in [1.29, 1.82) is 0 Å². The fourth-order valence-corrected chi connectivity index (χ4v) is 26.5. The van der Waals surface area contributed by atoms with Crippen LogP contribution in [0.3, 0.4) is 0 Å². The molecule has 778 valence electrons. The van der Waals surface area contributed by atoms with E-state index in [1.54, 1.807) is 0 Å². The summed E-state index contributed by atoms with van der Waals surface area (Å²) in [6.45, 7) is 22.4. The van der Waals surface area contributed by atoms with Crippen LogP contribution in [-0.2, 0) is 18.9 Å². The van der Waals surface area contributed by atoms with Crippen molar-refractivity contribution in [3.63, 3.8) is 0 Å². The van der Waals surface area contributed by atoms with Crippen molar-refractivity contribution in [2.45, 2.75) is 300 Å². The molecule has 14 heteroatoms. The standard InChI is InChI=1S/C40H40O4.C34H42O4.2C30H38O3/c1-3-29(2)30-21-23-33(24-22-30)44-40(37-25-26-41-38-20-11-10-17-36(37)38)43-28-27-42-39-34(31-13-6-4-7-14-31)18-12-19-35(39)32-15-8-5-9-16-32;1-3-25(2)26-13-19-30(20-14-26)38-34(32-21-22-36-33-12-8-7-11-31(32)33)37-24-23-35-29-17-15-28(16-18-29)27-9-5-4-6-10-27;1-3-19(2)20-11-13-22(14-12-20)32-30(26-15-16-31-28-10-5-4-7-25(26)28)33-29-18-21-17-27(29)24-9-6-8-23(21)24;1-3-20(2)24-8-10-25(11-9-24)32-29(27-12-13-31-28-7-5-4-6-26(27)28)33-30-17-21-14-22(18-30)16-23(15-21)19-30/h4-24,29,37,40H,3,25-28H2,1-2H3;7-8,11-20,25,27,32,34H,3-6,9-10,21-24H2,1-2H3;4-5,7,10-14,19,21,23-24,26-27,29-30H,3,6,8-9,15-18H2,1-2H3;4-11,20-23,27,29H,3,12-19H2,1-2H3. The smallest absolute Gasteiger partial charge is 0.207 e. The fourth-order valence-electron chi connectivity index (χ4n) is 26.5. The average Bonchev–Trinajstić information content (AvgIpc) is 1.64. The van der Waals surface area contributed by atoms with Crippen molar-refractivity contribution in [1.82, 2.24) is 0 Å². The van der Waals surface area contributed by atoms with Crippen LogP contribution in [0, 0.1) is 41.4 Å². The molecular formula is C134H158O14. The Morgan fingerprint density at radius 3 is 1.07 bits per heavy atom. The highest BCUT2D eigenvalue weighted by Crippen LogP contribution is 2.62. The van der Waals surface area contributed by atoms with E-state index >= 15 is 0 Å². The zero-order valence-electron chi connectivity index (χ0n) is 88.8. The molecular weight excluding hydrogens is 1830 g/mol. The Hall–Kier alpha value is -11.5. The van der Waals surface area contributed by atoms with Crippen LogP contribution in [0.25, 0.3) is 22.3 Å². The molecule has 0 amide bonds. The number of rotatable bonds is 37. The van der Waals surface area contributed by atoms with Crippen molar-refractivity contribution in [2.75, 3.05) is 52.9 Å². The first-order chi connectivity index (χ1) is 72.7. The maximum Gasteiger partial charge on any atom is 0.207 e. The summed E-state index contributed by atoms with van der Waals surface area (Å²) < 4.78 is 90.0. The minimum absolute atomic E-state index is 0.00330. The molecule has 14 nitrogen and oxygen atoms in total. The van der Waals surface area contributed by atoms with Gasteiger partial charge in [-0.2, -0.15) is 0 Å². The van der Waals surface area contributed by atoms with E-state index in [9.17, 15) is 0 Å². The van der Waals surface area contributed by atoms with Gasteiger partial charge in [-0.15, -0.1) is 0 Å². The van der Waals surface area contributed by atoms with Crippen molar-refractivity contribution in [3.8, 4) is 79.7 Å². The molecule has 12 aromatic rings. The highest BCUT2D eigenvalue weighted by Gasteiger charge is 2.57. The van der Waals surface area contributed by atoms with Crippen LogP contribution < -0.4 is 47.4 Å². The van der Waals surface area contributed by atoms with E-state index in [1.165, 1.54) is 142 Å². The fraction of sp³-hybridized carbons (Fsp3) is 0.463. The number of fused-ring (bicyclic) bond motifs is 9. The van der Waals surface area contributed by atoms with Crippen molar-refractivity contribution in [2.24, 2.45) is 41.4 Å². The van der Waals surface area contributed by atoms with Gasteiger partial charge in [-0.1, -0.05) is 293 Å². The lowest BCUT2D eigenvalue weighted by Crippen LogP contribution is -2.54. The Morgan fingerprint density at radius 2 is 0.655 bits per heavy atom. The van der Waals surface area contributed by atoms with Crippen LogP contribution in [0.5, 0.6) is 57.5 Å². The number of para-hydroxylation sites is 5. The molecule has 8 fully saturated rings. The zero-order chi connectivity index (χ0) is 101. The molecule has 17 unspecified atom stereocenters. The summed E-state index contributed by atoms with van der Waals surface area (Å²) in [4.78, 5) is 0. The third-order valence-corrected chi connectivity index (χ3v) is 35.0. The third kappa shape index (κ3) is 25.2. The Labute approximate surface area is 881 Å². The molecule has 0 saturated heterocycles. The molecule has 8 saturated carbocycles. The molecule has 8 aliphatic carbocycles. The van der Waals surface area contributed by atoms with Gasteiger partial charge in [-0.25, -0.2) is 0 Å². The van der Waals surface area contributed by atoms with Crippen molar-refractivity contribution < 1.29 is 66.3 Å². The van der Waals surface area contributed by atoms with Gasteiger partial charge in [-0.05, 0) is 323 Å². The lowest BCUT2D eigenvalue weighted by Gasteiger charge is -2.57. The van der Waals surface area contributed by atoms with Gasteiger partial charge < -0.3 is 66.3 Å². The quantitative estimate of drug-likeness (QED) is 0.0270. The second kappa shape index (κ2) is 49.9. The summed E-state index contributed by atoms with van der Waals surface area (Å²) in [5.41, 5.74) is 15.9. The molecule has 0 radical (unpaired) electrons. The molecule has 24 rings (SSSR count). The first-order valence-electron chi connectivity index (χ1n) is 56.8. The Kier molecular flexibility index (Phi) is 35.0. The summed E-state index contributed by atoms with van der Waals surface area (Å²) in [5, 5.41) is 0. The van der Waals surface area contributed by atoms with Gasteiger partial charge in [0.05, 0.1) is 75.0 Å². The van der Waals surface area contributed by atoms with Crippen LogP contribution in [0.15, 0.2) is 297 Å². The molecule has 4 heterocycles. The van der Waals surface area contributed by atoms with Crippen LogP contribution in [-0.4, -0.2) is 89.7 Å². The van der Waals surface area contributed by atoms with E-state index in [4.69, 9.17) is 66.3 Å². The van der Waals surface area contributed by atoms with Gasteiger partial charge in [0.15, 0.2) is 0 Å². The lowest BCUT2D eigenvalue weighted by atomic mass is 9.54. The average molecular weight is 1990 g/mol. The predicted octanol–water partition coefficient (Wildman–Crippen LogP) is 33.3. The molecule has 12 aromatic carbocycles. The first kappa shape index (κ1) is 104. The van der Waals surface area contributed by atoms with E-state index in [0.717, 1.165) is 197 Å². The summed E-state index contributed by atoms with van der Waals surface area (Å²) in [6.07, 6.45) is 28.4. The topological polar surface area (TPSA) is 129 Å². The Morgan fingerprint density at radius 1 is 0.297 bits per heavy atom. The SMILES string of the molecule is CCC(C)c1ccc(OC(OC23CC4CC(CC(C4)C2)C3)C2CCOc3ccccc32)cc1.CCC(C)c1ccc(OC(OC2CC3CC2C2CCCC32)C2CCOc3ccccc32)cc1.CCC(C)c1ccc(OC(OCCOc2c(-c3ccccc3)cccc2-c2ccccc2)C2CCOc3ccccc32)cc1.CCC(C)c1ccc(OC(OCCOc2ccc(C3CCCCC3)cc2)C2CCOc3ccccc32)cc1. The third-order valence-electron chi connectivity index (χ3n) is 35.0. The van der Waals surface area contributed by atoms with Gasteiger partial charge >= 0.3 is 0 Å².